The van der Waals surface area contributed by atoms with Crippen molar-refractivity contribution < 1.29 is 0 Å². The Morgan fingerprint density at radius 1 is 0.500 bits per heavy atom. The highest BCUT2D eigenvalue weighted by atomic mass is 15.0. The first kappa shape index (κ1) is 28.8. The molecule has 9 aromatic rings. The van der Waals surface area contributed by atoms with Crippen molar-refractivity contribution in [2.45, 2.75) is 0 Å². The van der Waals surface area contributed by atoms with Crippen LogP contribution in [0.4, 0.5) is 11.4 Å². The molecule has 0 N–H and O–H groups in total. The van der Waals surface area contributed by atoms with Gasteiger partial charge in [0.1, 0.15) is 0 Å². The van der Waals surface area contributed by atoms with Crippen LogP contribution in [0.1, 0.15) is 5.56 Å². The van der Waals surface area contributed by atoms with Crippen molar-refractivity contribution in [3.8, 4) is 39.7 Å². The third-order valence-electron chi connectivity index (χ3n) is 9.59. The summed E-state index contributed by atoms with van der Waals surface area (Å²) in [5, 5.41) is 14.6. The van der Waals surface area contributed by atoms with Crippen molar-refractivity contribution in [2.24, 2.45) is 0 Å². The molecule has 0 spiro atoms. The summed E-state index contributed by atoms with van der Waals surface area (Å²) >= 11 is 0. The Morgan fingerprint density at radius 2 is 1.18 bits per heavy atom. The number of fused-ring (bicyclic) bond motifs is 6. The van der Waals surface area contributed by atoms with E-state index in [1.165, 1.54) is 10.8 Å². The van der Waals surface area contributed by atoms with Gasteiger partial charge < -0.3 is 9.13 Å². The molecule has 0 aliphatic heterocycles. The molecular formula is C45H25N5. The molecule has 0 saturated heterocycles. The van der Waals surface area contributed by atoms with Crippen molar-refractivity contribution in [1.29, 1.82) is 5.26 Å². The quantitative estimate of drug-likeness (QED) is 0.177. The number of nitrogens with zero attached hydrogens (tertiary/aromatic N) is 5. The van der Waals surface area contributed by atoms with Gasteiger partial charge in [-0.05, 0) is 76.7 Å². The Kier molecular flexibility index (Phi) is 6.56. The molecule has 0 aliphatic rings. The minimum Gasteiger partial charge on any atom is -0.311 e. The van der Waals surface area contributed by atoms with Gasteiger partial charge in [-0.25, -0.2) is 9.69 Å². The summed E-state index contributed by atoms with van der Waals surface area (Å²) in [6.45, 7) is 15.4. The monoisotopic (exact) mass is 635 g/mol. The fraction of sp³-hybridized carbons (Fsp3) is 0. The molecule has 2 heterocycles. The molecule has 2 aromatic heterocycles. The first-order valence-corrected chi connectivity index (χ1v) is 16.2. The van der Waals surface area contributed by atoms with Crippen LogP contribution in [0.25, 0.3) is 86.9 Å². The average molecular weight is 636 g/mol. The van der Waals surface area contributed by atoms with Crippen LogP contribution in [0.2, 0.25) is 0 Å². The number of rotatable bonds is 4. The number of hydrogen-bond acceptors (Lipinski definition) is 1. The average Bonchev–Trinajstić information content (AvgIpc) is 3.70. The minimum absolute atomic E-state index is 0.531. The number of para-hydroxylation sites is 3. The van der Waals surface area contributed by atoms with Crippen LogP contribution >= 0.6 is 0 Å². The Morgan fingerprint density at radius 3 is 1.94 bits per heavy atom. The third kappa shape index (κ3) is 4.31. The van der Waals surface area contributed by atoms with E-state index < -0.39 is 0 Å². The first-order valence-electron chi connectivity index (χ1n) is 16.2. The lowest BCUT2D eigenvalue weighted by Crippen LogP contribution is -1.98. The van der Waals surface area contributed by atoms with Crippen LogP contribution in [0.5, 0.6) is 0 Å². The Hall–Kier alpha value is -7.39. The van der Waals surface area contributed by atoms with Gasteiger partial charge in [0.25, 0.3) is 0 Å². The zero-order valence-corrected chi connectivity index (χ0v) is 26.7. The summed E-state index contributed by atoms with van der Waals surface area (Å²) in [6.07, 6.45) is 0. The molecule has 9 rings (SSSR count). The number of aromatic nitrogens is 2. The normalized spacial score (nSPS) is 11.1. The second-order valence-electron chi connectivity index (χ2n) is 12.2. The molecular weight excluding hydrogens is 611 g/mol. The lowest BCUT2D eigenvalue weighted by molar-refractivity contribution is 1.18. The van der Waals surface area contributed by atoms with E-state index in [4.69, 9.17) is 13.1 Å². The Labute approximate surface area is 288 Å². The van der Waals surface area contributed by atoms with Gasteiger partial charge in [0.15, 0.2) is 11.4 Å². The van der Waals surface area contributed by atoms with Crippen LogP contribution < -0.4 is 0 Å². The molecule has 0 radical (unpaired) electrons. The van der Waals surface area contributed by atoms with Gasteiger partial charge in [-0.15, -0.1) is 0 Å². The van der Waals surface area contributed by atoms with E-state index >= 15 is 0 Å². The van der Waals surface area contributed by atoms with Gasteiger partial charge in [-0.3, -0.25) is 0 Å². The van der Waals surface area contributed by atoms with Crippen LogP contribution in [0.3, 0.4) is 0 Å². The molecule has 7 aromatic carbocycles. The summed E-state index contributed by atoms with van der Waals surface area (Å²) in [7, 11) is 0. The second-order valence-corrected chi connectivity index (χ2v) is 12.2. The topological polar surface area (TPSA) is 42.4 Å². The molecule has 0 atom stereocenters. The van der Waals surface area contributed by atoms with Crippen LogP contribution in [0, 0.1) is 24.5 Å². The molecule has 0 amide bonds. The van der Waals surface area contributed by atoms with Gasteiger partial charge in [0, 0.05) is 32.9 Å². The van der Waals surface area contributed by atoms with Crippen LogP contribution in [-0.2, 0) is 0 Å². The molecule has 0 unspecified atom stereocenters. The van der Waals surface area contributed by atoms with Crippen LogP contribution in [-0.4, -0.2) is 9.13 Å². The second kappa shape index (κ2) is 11.4. The molecule has 0 fully saturated rings. The van der Waals surface area contributed by atoms with Crippen molar-refractivity contribution in [3.05, 3.63) is 180 Å². The Bertz CT molecular complexity index is 2920. The highest BCUT2D eigenvalue weighted by Gasteiger charge is 2.18. The van der Waals surface area contributed by atoms with E-state index in [1.807, 2.05) is 72.8 Å². The number of hydrogen-bond donors (Lipinski definition) is 0. The molecule has 5 nitrogen and oxygen atoms in total. The summed E-state index contributed by atoms with van der Waals surface area (Å²) in [6, 6.07) is 53.5. The fourth-order valence-corrected chi connectivity index (χ4v) is 7.44. The minimum atomic E-state index is 0.531. The predicted molar refractivity (Wildman–Crippen MR) is 203 cm³/mol. The van der Waals surface area contributed by atoms with Gasteiger partial charge >= 0.3 is 0 Å². The van der Waals surface area contributed by atoms with E-state index in [0.717, 1.165) is 66.5 Å². The smallest absolute Gasteiger partial charge is 0.197 e. The van der Waals surface area contributed by atoms with E-state index in [1.54, 1.807) is 0 Å². The molecule has 230 valence electrons. The lowest BCUT2D eigenvalue weighted by Gasteiger charge is -2.15. The maximum absolute atomic E-state index is 10.5. The van der Waals surface area contributed by atoms with E-state index in [9.17, 15) is 5.26 Å². The van der Waals surface area contributed by atoms with E-state index in [2.05, 4.69) is 104 Å². The largest absolute Gasteiger partial charge is 0.311 e. The molecule has 5 heteroatoms. The summed E-state index contributed by atoms with van der Waals surface area (Å²) < 4.78 is 4.45. The maximum atomic E-state index is 10.5. The molecule has 50 heavy (non-hydrogen) atoms. The standard InChI is InChI=1S/C45H25N5/c1-47-32-22-24-43-38(27-32)45-39(48-2)16-10-20-44(45)49(43)33-12-9-11-29(26-33)34-23-21-30(25-31(34)28-46)35-13-3-6-17-40(35)50-41-18-7-4-14-36(41)37-15-5-8-19-42(37)50/h3-27H. The highest BCUT2D eigenvalue weighted by Crippen LogP contribution is 2.41. The van der Waals surface area contributed by atoms with Gasteiger partial charge in [-0.2, -0.15) is 5.26 Å². The summed E-state index contributed by atoms with van der Waals surface area (Å²) in [4.78, 5) is 7.45. The van der Waals surface area contributed by atoms with Crippen molar-refractivity contribution >= 4 is 55.0 Å². The fourth-order valence-electron chi connectivity index (χ4n) is 7.44. The van der Waals surface area contributed by atoms with Crippen LogP contribution in [0.15, 0.2) is 152 Å². The van der Waals surface area contributed by atoms with Crippen molar-refractivity contribution in [2.75, 3.05) is 0 Å². The zero-order valence-electron chi connectivity index (χ0n) is 26.7. The Balaban J connectivity index is 1.19. The zero-order chi connectivity index (χ0) is 33.8. The van der Waals surface area contributed by atoms with Crippen molar-refractivity contribution in [3.63, 3.8) is 0 Å². The lowest BCUT2D eigenvalue weighted by atomic mass is 9.94. The van der Waals surface area contributed by atoms with E-state index in [0.29, 0.717) is 16.9 Å². The number of nitriles is 1. The third-order valence-corrected chi connectivity index (χ3v) is 9.59. The summed E-state index contributed by atoms with van der Waals surface area (Å²) in [5.74, 6) is 0. The van der Waals surface area contributed by atoms with Gasteiger partial charge in [0.05, 0.1) is 47.0 Å². The predicted octanol–water partition coefficient (Wildman–Crippen LogP) is 12.2. The molecule has 0 aliphatic carbocycles. The summed E-state index contributed by atoms with van der Waals surface area (Å²) in [5.41, 5.74) is 11.4. The van der Waals surface area contributed by atoms with Gasteiger partial charge in [0.2, 0.25) is 0 Å². The van der Waals surface area contributed by atoms with Gasteiger partial charge in [-0.1, -0.05) is 97.1 Å². The van der Waals surface area contributed by atoms with Crippen molar-refractivity contribution in [1.82, 2.24) is 9.13 Å². The van der Waals surface area contributed by atoms with E-state index in [-0.39, 0.29) is 0 Å². The maximum Gasteiger partial charge on any atom is 0.197 e. The highest BCUT2D eigenvalue weighted by molar-refractivity contribution is 6.16. The molecule has 0 bridgehead atoms. The molecule has 0 saturated carbocycles. The number of benzene rings is 7. The SMILES string of the molecule is [C-]#[N+]c1ccc2c(c1)c1c([N+]#[C-])cccc1n2-c1cccc(-c2ccc(-c3ccccc3-n3c4ccccc4c4ccccc43)cc2C#N)c1. The first-order chi connectivity index (χ1) is 24.7.